The Labute approximate surface area is 165 Å². The molecule has 0 aromatic heterocycles. The van der Waals surface area contributed by atoms with E-state index in [9.17, 15) is 9.59 Å². The third kappa shape index (κ3) is 4.69. The number of amides is 2. The van der Waals surface area contributed by atoms with Gasteiger partial charge >= 0.3 is 0 Å². The number of rotatable bonds is 5. The van der Waals surface area contributed by atoms with Crippen LogP contribution in [-0.2, 0) is 6.42 Å². The predicted molar refractivity (Wildman–Crippen MR) is 110 cm³/mol. The van der Waals surface area contributed by atoms with Gasteiger partial charge in [0.1, 0.15) is 0 Å². The van der Waals surface area contributed by atoms with Crippen LogP contribution >= 0.6 is 11.6 Å². The molecule has 0 saturated carbocycles. The van der Waals surface area contributed by atoms with E-state index in [1.807, 2.05) is 12.1 Å². The van der Waals surface area contributed by atoms with Gasteiger partial charge in [-0.3, -0.25) is 9.59 Å². The first-order chi connectivity index (χ1) is 13.0. The predicted octanol–water partition coefficient (Wildman–Crippen LogP) is 4.71. The molecule has 4 nitrogen and oxygen atoms in total. The third-order valence-corrected chi connectivity index (χ3v) is 5.02. The van der Waals surface area contributed by atoms with Gasteiger partial charge in [-0.1, -0.05) is 31.5 Å². The molecule has 0 bridgehead atoms. The molecular formula is C22H25ClN2O2. The Morgan fingerprint density at radius 2 is 1.96 bits per heavy atom. The van der Waals surface area contributed by atoms with E-state index in [2.05, 4.69) is 19.2 Å². The fraction of sp³-hybridized carbons (Fsp3) is 0.364. The quantitative estimate of drug-likeness (QED) is 0.811. The Bertz CT molecular complexity index is 848. The minimum atomic E-state index is -0.0624. The van der Waals surface area contributed by atoms with Crippen LogP contribution in [0.5, 0.6) is 0 Å². The topological polar surface area (TPSA) is 49.4 Å². The van der Waals surface area contributed by atoms with Crippen molar-refractivity contribution in [2.75, 3.05) is 18.0 Å². The highest BCUT2D eigenvalue weighted by atomic mass is 35.5. The van der Waals surface area contributed by atoms with Crippen LogP contribution < -0.4 is 10.2 Å². The minimum Gasteiger partial charge on any atom is -0.352 e. The molecule has 2 aromatic rings. The first-order valence-corrected chi connectivity index (χ1v) is 9.82. The second-order valence-corrected chi connectivity index (χ2v) is 7.79. The Kier molecular flexibility index (Phi) is 6.17. The number of benzene rings is 2. The molecule has 27 heavy (non-hydrogen) atoms. The Morgan fingerprint density at radius 1 is 1.15 bits per heavy atom. The van der Waals surface area contributed by atoms with Crippen LogP contribution in [0.25, 0.3) is 0 Å². The average Bonchev–Trinajstić information content (AvgIpc) is 2.66. The lowest BCUT2D eigenvalue weighted by Crippen LogP contribution is -2.35. The molecule has 2 aromatic carbocycles. The van der Waals surface area contributed by atoms with Crippen molar-refractivity contribution in [1.82, 2.24) is 5.32 Å². The number of nitrogens with zero attached hydrogens (tertiary/aromatic N) is 1. The molecule has 0 radical (unpaired) electrons. The van der Waals surface area contributed by atoms with Crippen molar-refractivity contribution in [3.8, 4) is 0 Å². The molecule has 0 spiro atoms. The molecular weight excluding hydrogens is 360 g/mol. The van der Waals surface area contributed by atoms with Crippen molar-refractivity contribution in [3.05, 3.63) is 64.2 Å². The first kappa shape index (κ1) is 19.4. The molecule has 142 valence electrons. The number of carbonyl (C=O) groups excluding carboxylic acids is 2. The lowest BCUT2D eigenvalue weighted by molar-refractivity contribution is 0.0951. The van der Waals surface area contributed by atoms with Crippen LogP contribution in [-0.4, -0.2) is 24.9 Å². The Morgan fingerprint density at radius 3 is 2.70 bits per heavy atom. The molecule has 1 aliphatic heterocycles. The molecule has 2 amide bonds. The van der Waals surface area contributed by atoms with E-state index < -0.39 is 0 Å². The summed E-state index contributed by atoms with van der Waals surface area (Å²) in [6.45, 7) is 5.61. The fourth-order valence-corrected chi connectivity index (χ4v) is 3.49. The smallest absolute Gasteiger partial charge is 0.258 e. The highest BCUT2D eigenvalue weighted by Gasteiger charge is 2.24. The summed E-state index contributed by atoms with van der Waals surface area (Å²) in [7, 11) is 0. The van der Waals surface area contributed by atoms with Crippen LogP contribution in [0.4, 0.5) is 5.69 Å². The van der Waals surface area contributed by atoms with Crippen molar-refractivity contribution < 1.29 is 9.59 Å². The molecule has 0 saturated heterocycles. The Hall–Kier alpha value is -2.33. The van der Waals surface area contributed by atoms with Gasteiger partial charge in [-0.15, -0.1) is 0 Å². The normalized spacial score (nSPS) is 13.4. The maximum Gasteiger partial charge on any atom is 0.258 e. The molecule has 0 unspecified atom stereocenters. The third-order valence-electron chi connectivity index (χ3n) is 4.78. The zero-order valence-electron chi connectivity index (χ0n) is 15.8. The van der Waals surface area contributed by atoms with E-state index in [0.717, 1.165) is 30.5 Å². The molecule has 1 N–H and O–H groups in total. The molecule has 0 aliphatic carbocycles. The van der Waals surface area contributed by atoms with Gasteiger partial charge in [-0.25, -0.2) is 0 Å². The largest absolute Gasteiger partial charge is 0.352 e. The molecule has 1 heterocycles. The number of hydrogen-bond acceptors (Lipinski definition) is 2. The zero-order valence-corrected chi connectivity index (χ0v) is 16.6. The van der Waals surface area contributed by atoms with E-state index in [4.69, 9.17) is 11.6 Å². The van der Waals surface area contributed by atoms with Crippen LogP contribution in [0.2, 0.25) is 5.02 Å². The fourth-order valence-electron chi connectivity index (χ4n) is 3.30. The van der Waals surface area contributed by atoms with Crippen molar-refractivity contribution >= 4 is 29.1 Å². The van der Waals surface area contributed by atoms with E-state index >= 15 is 0 Å². The lowest BCUT2D eigenvalue weighted by atomic mass is 9.98. The van der Waals surface area contributed by atoms with Crippen molar-refractivity contribution in [2.24, 2.45) is 5.92 Å². The van der Waals surface area contributed by atoms with E-state index in [1.54, 1.807) is 35.2 Å². The number of anilines is 1. The van der Waals surface area contributed by atoms with Crippen molar-refractivity contribution in [2.45, 2.75) is 33.1 Å². The highest BCUT2D eigenvalue weighted by Crippen LogP contribution is 2.29. The molecule has 5 heteroatoms. The van der Waals surface area contributed by atoms with Crippen molar-refractivity contribution in [3.63, 3.8) is 0 Å². The van der Waals surface area contributed by atoms with Gasteiger partial charge in [0.15, 0.2) is 0 Å². The van der Waals surface area contributed by atoms with Gasteiger partial charge in [0, 0.05) is 34.9 Å². The summed E-state index contributed by atoms with van der Waals surface area (Å²) >= 11 is 6.03. The molecule has 0 fully saturated rings. The number of carbonyl (C=O) groups is 2. The SMILES string of the molecule is CC(C)CCNC(=O)c1ccc2c(c1)CCCN2C(=O)c1cccc(Cl)c1. The van der Waals surface area contributed by atoms with E-state index in [-0.39, 0.29) is 11.8 Å². The number of fused-ring (bicyclic) bond motifs is 1. The summed E-state index contributed by atoms with van der Waals surface area (Å²) in [6, 6.07) is 12.6. The zero-order chi connectivity index (χ0) is 19.4. The monoisotopic (exact) mass is 384 g/mol. The lowest BCUT2D eigenvalue weighted by Gasteiger charge is -2.30. The summed E-state index contributed by atoms with van der Waals surface area (Å²) in [5.41, 5.74) is 3.14. The number of nitrogens with one attached hydrogen (secondary N) is 1. The van der Waals surface area contributed by atoms with E-state index in [1.165, 1.54) is 0 Å². The standard InChI is InChI=1S/C22H25ClN2O2/c1-15(2)10-11-24-21(26)17-8-9-20-16(13-17)6-4-12-25(20)22(27)18-5-3-7-19(23)14-18/h3,5,7-9,13-15H,4,6,10-12H2,1-2H3,(H,24,26). The minimum absolute atomic E-state index is 0.0586. The number of halogens is 1. The van der Waals surface area contributed by atoms with Gasteiger partial charge < -0.3 is 10.2 Å². The summed E-state index contributed by atoms with van der Waals surface area (Å²) in [5.74, 6) is 0.434. The highest BCUT2D eigenvalue weighted by molar-refractivity contribution is 6.31. The van der Waals surface area contributed by atoms with Crippen LogP contribution in [0.1, 0.15) is 53.0 Å². The van der Waals surface area contributed by atoms with Gasteiger partial charge in [0.05, 0.1) is 0 Å². The maximum atomic E-state index is 12.9. The van der Waals surface area contributed by atoms with Crippen LogP contribution in [0, 0.1) is 5.92 Å². The van der Waals surface area contributed by atoms with Crippen LogP contribution in [0.15, 0.2) is 42.5 Å². The maximum absolute atomic E-state index is 12.9. The molecule has 3 rings (SSSR count). The van der Waals surface area contributed by atoms with E-state index in [0.29, 0.717) is 35.2 Å². The van der Waals surface area contributed by atoms with Gasteiger partial charge in [0.25, 0.3) is 11.8 Å². The average molecular weight is 385 g/mol. The van der Waals surface area contributed by atoms with Crippen molar-refractivity contribution in [1.29, 1.82) is 0 Å². The van der Waals surface area contributed by atoms with Gasteiger partial charge in [0.2, 0.25) is 0 Å². The van der Waals surface area contributed by atoms with Gasteiger partial charge in [-0.2, -0.15) is 0 Å². The summed E-state index contributed by atoms with van der Waals surface area (Å²) < 4.78 is 0. The van der Waals surface area contributed by atoms with Gasteiger partial charge in [-0.05, 0) is 67.1 Å². The van der Waals surface area contributed by atoms with Crippen LogP contribution in [0.3, 0.4) is 0 Å². The summed E-state index contributed by atoms with van der Waals surface area (Å²) in [5, 5.41) is 3.52. The number of aryl methyl sites for hydroxylation is 1. The number of hydrogen-bond donors (Lipinski definition) is 1. The second kappa shape index (κ2) is 8.57. The molecule has 0 atom stereocenters. The first-order valence-electron chi connectivity index (χ1n) is 9.44. The molecule has 1 aliphatic rings. The summed E-state index contributed by atoms with van der Waals surface area (Å²) in [4.78, 5) is 27.1. The second-order valence-electron chi connectivity index (χ2n) is 7.35. The Balaban J connectivity index is 1.78. The summed E-state index contributed by atoms with van der Waals surface area (Å²) in [6.07, 6.45) is 2.69.